The summed E-state index contributed by atoms with van der Waals surface area (Å²) < 4.78 is 4.78. The molecule has 2 heteroatoms. The molecule has 0 saturated heterocycles. The summed E-state index contributed by atoms with van der Waals surface area (Å²) in [4.78, 5) is 0. The first-order chi connectivity index (χ1) is 24.8. The SMILES string of the molecule is C[n+]1ccc(C(C)(C)C)cc1-c1cc2c(cc1/C=C1/Cc3ccc(C(C)(C)C)cc3-c3cc(C(C)(C)C)cc[n+]31)C(C)(C)c1c-2ccc2ccccc12. The second-order valence-corrected chi connectivity index (χ2v) is 19.3. The molecule has 6 aromatic rings. The number of fused-ring (bicyclic) bond motifs is 8. The summed E-state index contributed by atoms with van der Waals surface area (Å²) in [6.07, 6.45) is 7.93. The average Bonchev–Trinajstić information content (AvgIpc) is 3.32. The molecule has 8 rings (SSSR count). The van der Waals surface area contributed by atoms with Crippen LogP contribution in [0.1, 0.15) is 115 Å². The molecule has 0 N–H and O–H groups in total. The van der Waals surface area contributed by atoms with E-state index in [-0.39, 0.29) is 21.7 Å². The lowest BCUT2D eigenvalue weighted by atomic mass is 9.79. The summed E-state index contributed by atoms with van der Waals surface area (Å²) >= 11 is 0. The van der Waals surface area contributed by atoms with E-state index in [1.54, 1.807) is 0 Å². The van der Waals surface area contributed by atoms with Gasteiger partial charge in [-0.05, 0) is 95.3 Å². The minimum atomic E-state index is -0.151. The Hall–Kier alpha value is -4.82. The highest BCUT2D eigenvalue weighted by molar-refractivity contribution is 5.99. The number of benzene rings is 4. The van der Waals surface area contributed by atoms with Crippen LogP contribution in [0.3, 0.4) is 0 Å². The Morgan fingerprint density at radius 2 is 1.23 bits per heavy atom. The van der Waals surface area contributed by atoms with Crippen molar-refractivity contribution in [1.82, 2.24) is 0 Å². The van der Waals surface area contributed by atoms with Crippen LogP contribution in [-0.2, 0) is 35.1 Å². The molecular weight excluding hydrogens is 641 g/mol. The van der Waals surface area contributed by atoms with Crippen LogP contribution in [0.2, 0.25) is 0 Å². The zero-order chi connectivity index (χ0) is 37.8. The Morgan fingerprint density at radius 1 is 0.585 bits per heavy atom. The molecule has 0 radical (unpaired) electrons. The third-order valence-corrected chi connectivity index (χ3v) is 12.1. The van der Waals surface area contributed by atoms with Crippen LogP contribution in [-0.4, -0.2) is 0 Å². The van der Waals surface area contributed by atoms with Crippen molar-refractivity contribution in [3.05, 3.63) is 142 Å². The Morgan fingerprint density at radius 3 is 1.92 bits per heavy atom. The topological polar surface area (TPSA) is 7.76 Å². The van der Waals surface area contributed by atoms with Gasteiger partial charge in [-0.2, -0.15) is 4.57 Å². The fourth-order valence-electron chi connectivity index (χ4n) is 8.75. The van der Waals surface area contributed by atoms with Gasteiger partial charge in [-0.15, -0.1) is 0 Å². The van der Waals surface area contributed by atoms with Crippen molar-refractivity contribution in [3.63, 3.8) is 0 Å². The van der Waals surface area contributed by atoms with E-state index in [4.69, 9.17) is 0 Å². The van der Waals surface area contributed by atoms with Crippen molar-refractivity contribution in [2.75, 3.05) is 0 Å². The normalized spacial score (nSPS) is 15.7. The van der Waals surface area contributed by atoms with Crippen molar-refractivity contribution in [3.8, 4) is 33.6 Å². The third-order valence-electron chi connectivity index (χ3n) is 12.1. The highest BCUT2D eigenvalue weighted by atomic mass is 15.0. The van der Waals surface area contributed by atoms with E-state index in [0.29, 0.717) is 0 Å². The van der Waals surface area contributed by atoms with Gasteiger partial charge in [-0.1, -0.05) is 125 Å². The summed E-state index contributed by atoms with van der Waals surface area (Å²) in [5, 5.41) is 2.66. The zero-order valence-corrected chi connectivity index (χ0v) is 34.0. The minimum absolute atomic E-state index is 0.0322. The largest absolute Gasteiger partial charge is 0.218 e. The lowest BCUT2D eigenvalue weighted by Crippen LogP contribution is -2.39. The number of aryl methyl sites for hydroxylation is 1. The van der Waals surface area contributed by atoms with Gasteiger partial charge in [0.2, 0.25) is 11.4 Å². The first kappa shape index (κ1) is 35.2. The van der Waals surface area contributed by atoms with Crippen LogP contribution in [0, 0.1) is 0 Å². The molecule has 0 amide bonds. The van der Waals surface area contributed by atoms with E-state index in [0.717, 1.165) is 6.42 Å². The zero-order valence-electron chi connectivity index (χ0n) is 34.0. The van der Waals surface area contributed by atoms with Crippen molar-refractivity contribution in [2.24, 2.45) is 7.05 Å². The van der Waals surface area contributed by atoms with Crippen LogP contribution in [0.25, 0.3) is 56.2 Å². The molecule has 0 unspecified atom stereocenters. The molecule has 2 aliphatic rings. The Kier molecular flexibility index (Phi) is 7.87. The number of aromatic nitrogens is 2. The summed E-state index contributed by atoms with van der Waals surface area (Å²) in [6.45, 7) is 25.7. The maximum absolute atomic E-state index is 2.53. The standard InChI is InChI=1S/C51H56N2/c1-48(2,3)35-19-17-33-25-38(53-24-22-37(50(7,8)9)30-46(53)41(33)28-35)26-34-27-44-43(31-42(34)45-29-36(49(4,5)6)21-23-52(45)12)40-20-18-32-15-13-14-16-39(32)47(40)51(44,10)11/h13-24,26-31H,25H2,1-12H3/q+2/b38-26-. The molecule has 1 aliphatic heterocycles. The van der Waals surface area contributed by atoms with Crippen LogP contribution >= 0.6 is 0 Å². The quantitative estimate of drug-likeness (QED) is 0.159. The van der Waals surface area contributed by atoms with Gasteiger partial charge >= 0.3 is 0 Å². The summed E-state index contributed by atoms with van der Waals surface area (Å²) in [6, 6.07) is 35.3. The fraction of sp³-hybridized carbons (Fsp3) is 0.333. The van der Waals surface area contributed by atoms with Crippen molar-refractivity contribution in [1.29, 1.82) is 0 Å². The number of allylic oxidation sites excluding steroid dienone is 1. The smallest absolute Gasteiger partial charge is 0.201 e. The summed E-state index contributed by atoms with van der Waals surface area (Å²) in [7, 11) is 2.19. The molecular formula is C51H56N2+2. The van der Waals surface area contributed by atoms with Crippen molar-refractivity contribution >= 4 is 22.5 Å². The van der Waals surface area contributed by atoms with Gasteiger partial charge in [0.15, 0.2) is 18.1 Å². The molecule has 3 heterocycles. The third kappa shape index (κ3) is 5.86. The van der Waals surface area contributed by atoms with Gasteiger partial charge in [0.1, 0.15) is 7.05 Å². The molecule has 0 atom stereocenters. The maximum Gasteiger partial charge on any atom is 0.218 e. The summed E-state index contributed by atoms with van der Waals surface area (Å²) in [5.74, 6) is 0. The highest BCUT2D eigenvalue weighted by Crippen LogP contribution is 2.53. The number of pyridine rings is 2. The molecule has 2 aromatic heterocycles. The molecule has 0 saturated carbocycles. The Balaban J connectivity index is 1.41. The van der Waals surface area contributed by atoms with Gasteiger partial charge in [-0.3, -0.25) is 0 Å². The number of hydrogen-bond acceptors (Lipinski definition) is 0. The second kappa shape index (κ2) is 11.8. The molecule has 1 aliphatic carbocycles. The van der Waals surface area contributed by atoms with E-state index in [2.05, 4.69) is 202 Å². The monoisotopic (exact) mass is 696 g/mol. The number of nitrogens with zero attached hydrogens (tertiary/aromatic N) is 2. The fourth-order valence-corrected chi connectivity index (χ4v) is 8.75. The predicted molar refractivity (Wildman–Crippen MR) is 224 cm³/mol. The molecule has 53 heavy (non-hydrogen) atoms. The lowest BCUT2D eigenvalue weighted by Gasteiger charge is -2.25. The van der Waals surface area contributed by atoms with Gasteiger partial charge in [-0.25, -0.2) is 4.57 Å². The molecule has 2 nitrogen and oxygen atoms in total. The Bertz CT molecular complexity index is 2500. The van der Waals surface area contributed by atoms with Crippen LogP contribution in [0.5, 0.6) is 0 Å². The van der Waals surface area contributed by atoms with Crippen LogP contribution < -0.4 is 9.13 Å². The molecule has 4 aromatic carbocycles. The van der Waals surface area contributed by atoms with Gasteiger partial charge < -0.3 is 0 Å². The van der Waals surface area contributed by atoms with E-state index in [1.165, 1.54) is 89.1 Å². The van der Waals surface area contributed by atoms with Gasteiger partial charge in [0, 0.05) is 35.8 Å². The first-order valence-corrected chi connectivity index (χ1v) is 19.4. The number of hydrogen-bond donors (Lipinski definition) is 0. The Labute approximate surface area is 317 Å². The van der Waals surface area contributed by atoms with Crippen molar-refractivity contribution < 1.29 is 9.13 Å². The molecule has 268 valence electrons. The second-order valence-electron chi connectivity index (χ2n) is 19.3. The molecule has 0 spiro atoms. The van der Waals surface area contributed by atoms with E-state index < -0.39 is 0 Å². The van der Waals surface area contributed by atoms with Crippen LogP contribution in [0.4, 0.5) is 0 Å². The van der Waals surface area contributed by atoms with E-state index in [9.17, 15) is 0 Å². The summed E-state index contributed by atoms with van der Waals surface area (Å²) in [5.41, 5.74) is 18.7. The van der Waals surface area contributed by atoms with E-state index in [1.807, 2.05) is 0 Å². The van der Waals surface area contributed by atoms with E-state index >= 15 is 0 Å². The van der Waals surface area contributed by atoms with Gasteiger partial charge in [0.05, 0.1) is 17.5 Å². The van der Waals surface area contributed by atoms with Gasteiger partial charge in [0.25, 0.3) is 0 Å². The maximum atomic E-state index is 2.53. The molecule has 0 fully saturated rings. The van der Waals surface area contributed by atoms with Crippen LogP contribution in [0.15, 0.2) is 103 Å². The number of rotatable bonds is 2. The highest BCUT2D eigenvalue weighted by Gasteiger charge is 2.39. The minimum Gasteiger partial charge on any atom is -0.201 e. The molecule has 0 bridgehead atoms. The lowest BCUT2D eigenvalue weighted by molar-refractivity contribution is -0.660. The first-order valence-electron chi connectivity index (χ1n) is 19.4. The van der Waals surface area contributed by atoms with Crippen molar-refractivity contribution in [2.45, 2.75) is 104 Å². The average molecular weight is 697 g/mol. The predicted octanol–water partition coefficient (Wildman–Crippen LogP) is 12.0.